The van der Waals surface area contributed by atoms with Gasteiger partial charge >= 0.3 is 0 Å². The quantitative estimate of drug-likeness (QED) is 0.642. The predicted octanol–water partition coefficient (Wildman–Crippen LogP) is 1.73. The van der Waals surface area contributed by atoms with Crippen molar-refractivity contribution in [2.45, 2.75) is 19.4 Å². The summed E-state index contributed by atoms with van der Waals surface area (Å²) in [6.45, 7) is 1.88. The summed E-state index contributed by atoms with van der Waals surface area (Å²) in [7, 11) is 0. The van der Waals surface area contributed by atoms with E-state index in [1.165, 1.54) is 12.1 Å². The first-order valence-electron chi connectivity index (χ1n) is 5.19. The Kier molecular flexibility index (Phi) is 3.78. The monoisotopic (exact) mass is 252 g/mol. The molecule has 0 aliphatic heterocycles. The van der Waals surface area contributed by atoms with E-state index in [0.717, 1.165) is 28.5 Å². The van der Waals surface area contributed by atoms with Crippen molar-refractivity contribution in [2.75, 3.05) is 0 Å². The molecule has 0 fully saturated rings. The third-order valence-electron chi connectivity index (χ3n) is 2.67. The zero-order valence-corrected chi connectivity index (χ0v) is 10.2. The van der Waals surface area contributed by atoms with Crippen LogP contribution in [0.25, 0.3) is 0 Å². The van der Waals surface area contributed by atoms with Crippen LogP contribution in [-0.2, 0) is 6.42 Å². The summed E-state index contributed by atoms with van der Waals surface area (Å²) in [6.07, 6.45) is 2.35. The smallest absolute Gasteiger partial charge is 0.123 e. The summed E-state index contributed by atoms with van der Waals surface area (Å²) < 4.78 is 21.1. The van der Waals surface area contributed by atoms with Crippen LogP contribution < -0.4 is 11.3 Å². The van der Waals surface area contributed by atoms with E-state index in [-0.39, 0.29) is 11.9 Å². The van der Waals surface area contributed by atoms with E-state index in [1.54, 1.807) is 12.3 Å². The molecule has 0 saturated heterocycles. The first-order chi connectivity index (χ1) is 8.20. The Morgan fingerprint density at radius 3 is 2.94 bits per heavy atom. The number of aryl methyl sites for hydroxylation is 1. The number of nitrogens with one attached hydrogen (secondary N) is 1. The molecule has 1 unspecified atom stereocenters. The van der Waals surface area contributed by atoms with Gasteiger partial charge in [0.25, 0.3) is 0 Å². The van der Waals surface area contributed by atoms with Gasteiger partial charge in [0.2, 0.25) is 0 Å². The van der Waals surface area contributed by atoms with Crippen molar-refractivity contribution in [3.63, 3.8) is 0 Å². The molecule has 1 heterocycles. The molecule has 1 aromatic heterocycles. The number of nitrogens with zero attached hydrogens (tertiary/aromatic N) is 2. The highest BCUT2D eigenvalue weighted by molar-refractivity contribution is 6.99. The number of halogens is 1. The van der Waals surface area contributed by atoms with Gasteiger partial charge in [-0.3, -0.25) is 11.3 Å². The highest BCUT2D eigenvalue weighted by Gasteiger charge is 2.14. The van der Waals surface area contributed by atoms with Crippen LogP contribution in [-0.4, -0.2) is 8.75 Å². The van der Waals surface area contributed by atoms with Crippen LogP contribution in [0.3, 0.4) is 0 Å². The zero-order chi connectivity index (χ0) is 12.3. The minimum Gasteiger partial charge on any atom is -0.271 e. The average Bonchev–Trinajstić information content (AvgIpc) is 2.81. The van der Waals surface area contributed by atoms with E-state index >= 15 is 0 Å². The SMILES string of the molecule is Cc1cc(F)ccc1CC(NN)c1cnsn1. The van der Waals surface area contributed by atoms with E-state index in [1.807, 2.05) is 6.92 Å². The van der Waals surface area contributed by atoms with Crippen LogP contribution in [0.15, 0.2) is 24.4 Å². The lowest BCUT2D eigenvalue weighted by Crippen LogP contribution is -2.30. The molecule has 90 valence electrons. The highest BCUT2D eigenvalue weighted by atomic mass is 32.1. The van der Waals surface area contributed by atoms with Gasteiger partial charge in [-0.1, -0.05) is 6.07 Å². The molecule has 17 heavy (non-hydrogen) atoms. The predicted molar refractivity (Wildman–Crippen MR) is 64.8 cm³/mol. The lowest BCUT2D eigenvalue weighted by Gasteiger charge is -2.14. The first kappa shape index (κ1) is 12.1. The molecule has 2 aromatic rings. The number of nitrogens with two attached hydrogens (primary N) is 1. The Bertz CT molecular complexity index is 486. The van der Waals surface area contributed by atoms with Gasteiger partial charge in [-0.15, -0.1) is 0 Å². The number of hydrogen-bond acceptors (Lipinski definition) is 5. The standard InChI is InChI=1S/C11H13FN4S/c1-7-4-9(12)3-2-8(7)5-10(15-13)11-6-14-17-16-11/h2-4,6,10,15H,5,13H2,1H3. The van der Waals surface area contributed by atoms with Crippen LogP contribution >= 0.6 is 11.7 Å². The second-order valence-corrected chi connectivity index (χ2v) is 4.38. The molecule has 2 rings (SSSR count). The zero-order valence-electron chi connectivity index (χ0n) is 9.35. The Morgan fingerprint density at radius 2 is 2.35 bits per heavy atom. The Morgan fingerprint density at radius 1 is 1.53 bits per heavy atom. The second-order valence-electron chi connectivity index (χ2n) is 3.83. The van der Waals surface area contributed by atoms with E-state index in [4.69, 9.17) is 5.84 Å². The molecule has 0 spiro atoms. The van der Waals surface area contributed by atoms with Crippen molar-refractivity contribution < 1.29 is 4.39 Å². The third-order valence-corrected chi connectivity index (χ3v) is 3.16. The molecule has 0 amide bonds. The fourth-order valence-electron chi connectivity index (χ4n) is 1.68. The summed E-state index contributed by atoms with van der Waals surface area (Å²) >= 11 is 1.14. The van der Waals surface area contributed by atoms with Crippen LogP contribution in [0.4, 0.5) is 4.39 Å². The molecular weight excluding hydrogens is 239 g/mol. The van der Waals surface area contributed by atoms with Crippen molar-refractivity contribution in [1.82, 2.24) is 14.2 Å². The summed E-state index contributed by atoms with van der Waals surface area (Å²) in [5, 5.41) is 0. The van der Waals surface area contributed by atoms with Crippen molar-refractivity contribution in [3.8, 4) is 0 Å². The number of benzene rings is 1. The van der Waals surface area contributed by atoms with Gasteiger partial charge < -0.3 is 0 Å². The lowest BCUT2D eigenvalue weighted by molar-refractivity contribution is 0.540. The Hall–Kier alpha value is -1.37. The lowest BCUT2D eigenvalue weighted by atomic mass is 10.00. The molecule has 0 radical (unpaired) electrons. The van der Waals surface area contributed by atoms with Crippen LogP contribution in [0.2, 0.25) is 0 Å². The van der Waals surface area contributed by atoms with Crippen LogP contribution in [0.5, 0.6) is 0 Å². The Balaban J connectivity index is 2.19. The van der Waals surface area contributed by atoms with Crippen molar-refractivity contribution in [3.05, 3.63) is 47.0 Å². The maximum absolute atomic E-state index is 13.0. The molecule has 0 saturated carbocycles. The number of hydrazine groups is 1. The molecule has 3 N–H and O–H groups in total. The van der Waals surface area contributed by atoms with Crippen molar-refractivity contribution in [1.29, 1.82) is 0 Å². The van der Waals surface area contributed by atoms with E-state index in [2.05, 4.69) is 14.2 Å². The fraction of sp³-hybridized carbons (Fsp3) is 0.273. The molecule has 0 aliphatic rings. The summed E-state index contributed by atoms with van der Waals surface area (Å²) in [6, 6.07) is 4.64. The maximum Gasteiger partial charge on any atom is 0.123 e. The fourth-order valence-corrected chi connectivity index (χ4v) is 2.15. The third kappa shape index (κ3) is 2.85. The van der Waals surface area contributed by atoms with Crippen molar-refractivity contribution in [2.24, 2.45) is 5.84 Å². The van der Waals surface area contributed by atoms with Gasteiger partial charge in [0.15, 0.2) is 0 Å². The van der Waals surface area contributed by atoms with Gasteiger partial charge in [-0.05, 0) is 36.6 Å². The van der Waals surface area contributed by atoms with E-state index in [0.29, 0.717) is 6.42 Å². The minimum absolute atomic E-state index is 0.0992. The molecule has 0 aliphatic carbocycles. The molecule has 1 aromatic carbocycles. The van der Waals surface area contributed by atoms with Crippen LogP contribution in [0.1, 0.15) is 22.9 Å². The van der Waals surface area contributed by atoms with Gasteiger partial charge in [-0.25, -0.2) is 4.39 Å². The minimum atomic E-state index is -0.223. The van der Waals surface area contributed by atoms with Gasteiger partial charge in [0.05, 0.1) is 29.7 Å². The highest BCUT2D eigenvalue weighted by Crippen LogP contribution is 2.19. The summed E-state index contributed by atoms with van der Waals surface area (Å²) in [5.74, 6) is 5.28. The first-order valence-corrected chi connectivity index (χ1v) is 5.92. The van der Waals surface area contributed by atoms with Gasteiger partial charge in [0.1, 0.15) is 5.82 Å². The summed E-state index contributed by atoms with van der Waals surface area (Å²) in [4.78, 5) is 0. The van der Waals surface area contributed by atoms with Gasteiger partial charge in [0, 0.05) is 0 Å². The Labute approximate surface area is 103 Å². The average molecular weight is 252 g/mol. The summed E-state index contributed by atoms with van der Waals surface area (Å²) in [5.41, 5.74) is 5.47. The molecule has 0 bridgehead atoms. The van der Waals surface area contributed by atoms with Crippen LogP contribution in [0, 0.1) is 12.7 Å². The molecular formula is C11H13FN4S. The molecule has 1 atom stereocenters. The number of hydrogen-bond donors (Lipinski definition) is 2. The number of rotatable bonds is 4. The van der Waals surface area contributed by atoms with Crippen molar-refractivity contribution >= 4 is 11.7 Å². The second kappa shape index (κ2) is 5.31. The molecule has 6 heteroatoms. The maximum atomic E-state index is 13.0. The van der Waals surface area contributed by atoms with Gasteiger partial charge in [-0.2, -0.15) is 8.75 Å². The number of aromatic nitrogens is 2. The van der Waals surface area contributed by atoms with E-state index in [9.17, 15) is 4.39 Å². The topological polar surface area (TPSA) is 63.8 Å². The normalized spacial score (nSPS) is 12.6. The largest absolute Gasteiger partial charge is 0.271 e. The van der Waals surface area contributed by atoms with E-state index < -0.39 is 0 Å². The molecule has 4 nitrogen and oxygen atoms in total.